The van der Waals surface area contributed by atoms with E-state index in [0.29, 0.717) is 22.5 Å². The summed E-state index contributed by atoms with van der Waals surface area (Å²) in [5.74, 6) is -0.923. The average Bonchev–Trinajstić information content (AvgIpc) is 2.94. The third-order valence-electron chi connectivity index (χ3n) is 5.83. The van der Waals surface area contributed by atoms with Gasteiger partial charge >= 0.3 is 0 Å². The Labute approximate surface area is 221 Å². The highest BCUT2D eigenvalue weighted by Gasteiger charge is 2.17. The molecule has 38 heavy (non-hydrogen) atoms. The molecule has 0 radical (unpaired) electrons. The van der Waals surface area contributed by atoms with Gasteiger partial charge in [-0.05, 0) is 42.3 Å². The Morgan fingerprint density at radius 2 is 1.45 bits per heavy atom. The van der Waals surface area contributed by atoms with E-state index in [0.717, 1.165) is 23.0 Å². The SMILES string of the molecule is Cc1ccc(CC(=O)Nc2ccc(NC(=O)/C=C/c3ccc(C=O)cc3)cc2C(=O)c2ccccc2)cc1. The minimum absolute atomic E-state index is 0.163. The van der Waals surface area contributed by atoms with Gasteiger partial charge in [-0.25, -0.2) is 0 Å². The van der Waals surface area contributed by atoms with Crippen LogP contribution in [0.1, 0.15) is 43.0 Å². The Morgan fingerprint density at radius 1 is 0.763 bits per heavy atom. The zero-order chi connectivity index (χ0) is 26.9. The minimum Gasteiger partial charge on any atom is -0.325 e. The number of ketones is 1. The van der Waals surface area contributed by atoms with Gasteiger partial charge in [0.2, 0.25) is 11.8 Å². The number of hydrogen-bond donors (Lipinski definition) is 2. The molecule has 0 saturated heterocycles. The smallest absolute Gasteiger partial charge is 0.248 e. The molecular weight excluding hydrogens is 476 g/mol. The van der Waals surface area contributed by atoms with E-state index in [1.54, 1.807) is 72.8 Å². The molecule has 2 N–H and O–H groups in total. The van der Waals surface area contributed by atoms with E-state index in [4.69, 9.17) is 0 Å². The molecular formula is C32H26N2O4. The molecule has 0 saturated carbocycles. The van der Waals surface area contributed by atoms with Gasteiger partial charge in [-0.1, -0.05) is 84.4 Å². The Balaban J connectivity index is 1.54. The van der Waals surface area contributed by atoms with Crippen LogP contribution in [0.5, 0.6) is 0 Å². The Morgan fingerprint density at radius 3 is 2.13 bits per heavy atom. The second kappa shape index (κ2) is 12.2. The molecule has 0 aromatic heterocycles. The summed E-state index contributed by atoms with van der Waals surface area (Å²) in [7, 11) is 0. The number of benzene rings is 4. The van der Waals surface area contributed by atoms with E-state index in [2.05, 4.69) is 10.6 Å². The number of aryl methyl sites for hydroxylation is 1. The monoisotopic (exact) mass is 502 g/mol. The van der Waals surface area contributed by atoms with Crippen molar-refractivity contribution < 1.29 is 19.2 Å². The van der Waals surface area contributed by atoms with Crippen molar-refractivity contribution in [2.75, 3.05) is 10.6 Å². The lowest BCUT2D eigenvalue weighted by molar-refractivity contribution is -0.115. The maximum absolute atomic E-state index is 13.3. The Bertz CT molecular complexity index is 1490. The lowest BCUT2D eigenvalue weighted by Gasteiger charge is -2.13. The van der Waals surface area contributed by atoms with Gasteiger partial charge in [0.1, 0.15) is 6.29 Å². The van der Waals surface area contributed by atoms with Gasteiger partial charge in [0.25, 0.3) is 0 Å². The van der Waals surface area contributed by atoms with Gasteiger partial charge in [0.15, 0.2) is 5.78 Å². The van der Waals surface area contributed by atoms with Gasteiger partial charge in [-0.15, -0.1) is 0 Å². The number of amides is 2. The van der Waals surface area contributed by atoms with Crippen molar-refractivity contribution in [3.63, 3.8) is 0 Å². The minimum atomic E-state index is -0.390. The lowest BCUT2D eigenvalue weighted by Crippen LogP contribution is -2.18. The fraction of sp³-hybridized carbons (Fsp3) is 0.0625. The van der Waals surface area contributed by atoms with Crippen molar-refractivity contribution in [3.8, 4) is 0 Å². The average molecular weight is 503 g/mol. The summed E-state index contributed by atoms with van der Waals surface area (Å²) in [6.07, 6.45) is 3.91. The molecule has 0 atom stereocenters. The Kier molecular flexibility index (Phi) is 8.36. The number of carbonyl (C=O) groups is 4. The maximum atomic E-state index is 13.3. The van der Waals surface area contributed by atoms with Crippen molar-refractivity contribution >= 4 is 41.3 Å². The molecule has 4 aromatic rings. The fourth-order valence-electron chi connectivity index (χ4n) is 3.79. The third-order valence-corrected chi connectivity index (χ3v) is 5.83. The van der Waals surface area contributed by atoms with E-state index in [1.807, 2.05) is 37.3 Å². The highest BCUT2D eigenvalue weighted by atomic mass is 16.2. The molecule has 0 spiro atoms. The number of hydrogen-bond acceptors (Lipinski definition) is 4. The second-order valence-electron chi connectivity index (χ2n) is 8.77. The van der Waals surface area contributed by atoms with Gasteiger partial charge < -0.3 is 10.6 Å². The van der Waals surface area contributed by atoms with Crippen molar-refractivity contribution in [3.05, 3.63) is 137 Å². The molecule has 188 valence electrons. The van der Waals surface area contributed by atoms with Crippen LogP contribution in [0.15, 0.2) is 103 Å². The van der Waals surface area contributed by atoms with Gasteiger partial charge in [-0.3, -0.25) is 19.2 Å². The van der Waals surface area contributed by atoms with Crippen molar-refractivity contribution in [1.29, 1.82) is 0 Å². The third kappa shape index (κ3) is 6.98. The van der Waals surface area contributed by atoms with E-state index in [-0.39, 0.29) is 23.7 Å². The summed E-state index contributed by atoms with van der Waals surface area (Å²) >= 11 is 0. The normalized spacial score (nSPS) is 10.7. The van der Waals surface area contributed by atoms with E-state index in [1.165, 1.54) is 6.08 Å². The van der Waals surface area contributed by atoms with Crippen LogP contribution in [0.2, 0.25) is 0 Å². The standard InChI is InChI=1S/C32H26N2O4/c1-22-7-9-24(10-8-22)19-31(37)34-29-17-16-27(20-28(29)32(38)26-5-3-2-4-6-26)33-30(36)18-15-23-11-13-25(21-35)14-12-23/h2-18,20-21H,19H2,1H3,(H,33,36)(H,34,37)/b18-15+. The van der Waals surface area contributed by atoms with E-state index in [9.17, 15) is 19.2 Å². The van der Waals surface area contributed by atoms with Crippen LogP contribution in [0.3, 0.4) is 0 Å². The van der Waals surface area contributed by atoms with Crippen LogP contribution in [0.4, 0.5) is 11.4 Å². The molecule has 2 amide bonds. The van der Waals surface area contributed by atoms with Gasteiger partial charge in [0.05, 0.1) is 12.1 Å². The van der Waals surface area contributed by atoms with Gasteiger partial charge in [0, 0.05) is 28.5 Å². The summed E-state index contributed by atoms with van der Waals surface area (Å²) in [5, 5.41) is 5.61. The molecule has 0 aliphatic carbocycles. The quantitative estimate of drug-likeness (QED) is 0.170. The van der Waals surface area contributed by atoms with Crippen LogP contribution < -0.4 is 10.6 Å². The molecule has 0 aliphatic heterocycles. The van der Waals surface area contributed by atoms with Crippen molar-refractivity contribution in [2.45, 2.75) is 13.3 Å². The zero-order valence-corrected chi connectivity index (χ0v) is 20.8. The molecule has 0 fully saturated rings. The number of anilines is 2. The van der Waals surface area contributed by atoms with E-state index >= 15 is 0 Å². The topological polar surface area (TPSA) is 92.3 Å². The molecule has 6 heteroatoms. The summed E-state index contributed by atoms with van der Waals surface area (Å²) < 4.78 is 0. The highest BCUT2D eigenvalue weighted by molar-refractivity contribution is 6.15. The molecule has 4 aromatic carbocycles. The first kappa shape index (κ1) is 26.0. The first-order valence-electron chi connectivity index (χ1n) is 12.0. The van der Waals surface area contributed by atoms with Crippen molar-refractivity contribution in [2.24, 2.45) is 0 Å². The number of aldehydes is 1. The van der Waals surface area contributed by atoms with Crippen LogP contribution in [0, 0.1) is 6.92 Å². The van der Waals surface area contributed by atoms with Crippen LogP contribution in [0.25, 0.3) is 6.08 Å². The molecule has 0 bridgehead atoms. The molecule has 0 unspecified atom stereocenters. The zero-order valence-electron chi connectivity index (χ0n) is 20.8. The second-order valence-corrected chi connectivity index (χ2v) is 8.77. The van der Waals surface area contributed by atoms with Crippen LogP contribution in [-0.4, -0.2) is 23.9 Å². The summed E-state index contributed by atoms with van der Waals surface area (Å²) in [4.78, 5) is 49.5. The van der Waals surface area contributed by atoms with Crippen LogP contribution in [-0.2, 0) is 16.0 Å². The lowest BCUT2D eigenvalue weighted by atomic mass is 10.0. The molecule has 0 aliphatic rings. The molecule has 0 heterocycles. The summed E-state index contributed by atoms with van der Waals surface area (Å²) in [6, 6.07) is 28.0. The summed E-state index contributed by atoms with van der Waals surface area (Å²) in [5.41, 5.74) is 4.77. The fourth-order valence-corrected chi connectivity index (χ4v) is 3.79. The Hall–Kier alpha value is -5.10. The predicted molar refractivity (Wildman–Crippen MR) is 149 cm³/mol. The first-order chi connectivity index (χ1) is 18.4. The summed E-state index contributed by atoms with van der Waals surface area (Å²) in [6.45, 7) is 1.98. The highest BCUT2D eigenvalue weighted by Crippen LogP contribution is 2.24. The number of nitrogens with one attached hydrogen (secondary N) is 2. The predicted octanol–water partition coefficient (Wildman–Crippen LogP) is 5.87. The largest absolute Gasteiger partial charge is 0.325 e. The van der Waals surface area contributed by atoms with Crippen molar-refractivity contribution in [1.82, 2.24) is 0 Å². The maximum Gasteiger partial charge on any atom is 0.248 e. The molecule has 6 nitrogen and oxygen atoms in total. The van der Waals surface area contributed by atoms with Crippen LogP contribution >= 0.6 is 0 Å². The number of carbonyl (C=O) groups excluding carboxylic acids is 4. The number of rotatable bonds is 9. The first-order valence-corrected chi connectivity index (χ1v) is 12.0. The van der Waals surface area contributed by atoms with E-state index < -0.39 is 5.91 Å². The molecule has 4 rings (SSSR count). The van der Waals surface area contributed by atoms with Gasteiger partial charge in [-0.2, -0.15) is 0 Å².